The number of fused-ring (bicyclic) bond motifs is 7. The van der Waals surface area contributed by atoms with Crippen LogP contribution >= 0.6 is 0 Å². The predicted octanol–water partition coefficient (Wildman–Crippen LogP) is 7.09. The molecule has 186 valence electrons. The van der Waals surface area contributed by atoms with E-state index >= 15 is 0 Å². The lowest BCUT2D eigenvalue weighted by atomic mass is 9.33. The summed E-state index contributed by atoms with van der Waals surface area (Å²) in [6, 6.07) is 0. The molecule has 0 spiro atoms. The Morgan fingerprint density at radius 1 is 0.909 bits per heavy atom. The number of aliphatic carboxylic acids is 1. The zero-order valence-electron chi connectivity index (χ0n) is 22.2. The van der Waals surface area contributed by atoms with E-state index in [1.807, 2.05) is 0 Å². The first-order chi connectivity index (χ1) is 15.2. The van der Waals surface area contributed by atoms with E-state index in [1.54, 1.807) is 5.57 Å². The maximum atomic E-state index is 12.1. The first-order valence-electron chi connectivity index (χ1n) is 13.8. The van der Waals surface area contributed by atoms with E-state index in [-0.39, 0.29) is 45.0 Å². The topological polar surface area (TPSA) is 57.5 Å². The average Bonchev–Trinajstić information content (AvgIpc) is 2.72. The van der Waals surface area contributed by atoms with E-state index in [0.717, 1.165) is 32.1 Å². The van der Waals surface area contributed by atoms with Crippen molar-refractivity contribution < 1.29 is 15.0 Å². The van der Waals surface area contributed by atoms with Gasteiger partial charge in [0.1, 0.15) is 0 Å². The van der Waals surface area contributed by atoms with Crippen LogP contribution in [0.5, 0.6) is 0 Å². The highest BCUT2D eigenvalue weighted by Gasteiger charge is 2.68. The lowest BCUT2D eigenvalue weighted by molar-refractivity contribution is -0.204. The third-order valence-electron chi connectivity index (χ3n) is 13.3. The molecule has 2 N–H and O–H groups in total. The van der Waals surface area contributed by atoms with Gasteiger partial charge in [-0.25, -0.2) is 0 Å². The maximum Gasteiger partial charge on any atom is 0.306 e. The number of aliphatic hydroxyl groups is 1. The third kappa shape index (κ3) is 2.87. The van der Waals surface area contributed by atoms with Gasteiger partial charge in [0, 0.05) is 0 Å². The molecule has 0 amide bonds. The van der Waals surface area contributed by atoms with E-state index in [2.05, 4.69) is 54.5 Å². The van der Waals surface area contributed by atoms with Gasteiger partial charge in [-0.15, -0.1) is 0 Å². The predicted molar refractivity (Wildman–Crippen MR) is 133 cm³/mol. The van der Waals surface area contributed by atoms with Crippen LogP contribution in [0.25, 0.3) is 0 Å². The van der Waals surface area contributed by atoms with Crippen LogP contribution in [0.2, 0.25) is 0 Å². The van der Waals surface area contributed by atoms with Crippen molar-refractivity contribution >= 4 is 5.97 Å². The molecule has 0 saturated heterocycles. The number of carboxylic acids is 1. The molecule has 0 aromatic carbocycles. The standard InChI is InChI=1S/C30H48O3/c1-18-19(25(32)33)10-13-27(4)16-17-29(6)20(24(18)27)8-9-22-28(5)14-12-23(31)26(2,3)21(28)11-15-30(22,29)7/h8,18-19,21-24,31H,9-17H2,1-7H3,(H,32,33)/t18-,19-,21+,22-,23+,24+,27-,28+,29-,30-/m1/s1. The number of rotatable bonds is 1. The molecule has 0 aromatic rings. The molecule has 4 fully saturated rings. The van der Waals surface area contributed by atoms with Gasteiger partial charge in [0.15, 0.2) is 0 Å². The van der Waals surface area contributed by atoms with Crippen molar-refractivity contribution in [1.29, 1.82) is 0 Å². The Hall–Kier alpha value is -0.830. The monoisotopic (exact) mass is 456 g/mol. The largest absolute Gasteiger partial charge is 0.481 e. The van der Waals surface area contributed by atoms with Gasteiger partial charge in [0.05, 0.1) is 12.0 Å². The molecule has 3 nitrogen and oxygen atoms in total. The Morgan fingerprint density at radius 3 is 2.27 bits per heavy atom. The first kappa shape index (κ1) is 23.9. The van der Waals surface area contributed by atoms with E-state index in [4.69, 9.17) is 0 Å². The van der Waals surface area contributed by atoms with Gasteiger partial charge in [-0.05, 0) is 109 Å². The summed E-state index contributed by atoms with van der Waals surface area (Å²) < 4.78 is 0. The summed E-state index contributed by atoms with van der Waals surface area (Å²) in [4.78, 5) is 12.1. The van der Waals surface area contributed by atoms with Crippen LogP contribution in [0, 0.1) is 56.7 Å². The molecular weight excluding hydrogens is 408 g/mol. The summed E-state index contributed by atoms with van der Waals surface area (Å²) in [5.74, 6) is 1.04. The molecule has 4 saturated carbocycles. The molecule has 0 heterocycles. The summed E-state index contributed by atoms with van der Waals surface area (Å²) in [5.41, 5.74) is 2.53. The van der Waals surface area contributed by atoms with Gasteiger partial charge in [-0.1, -0.05) is 60.1 Å². The molecule has 0 aliphatic heterocycles. The minimum absolute atomic E-state index is 0.0169. The molecule has 0 radical (unpaired) electrons. The second kappa shape index (κ2) is 7.11. The Kier molecular flexibility index (Phi) is 5.15. The van der Waals surface area contributed by atoms with Crippen LogP contribution in [0.1, 0.15) is 106 Å². The lowest BCUT2D eigenvalue weighted by Gasteiger charge is -2.71. The number of hydrogen-bond donors (Lipinski definition) is 2. The molecule has 10 atom stereocenters. The van der Waals surface area contributed by atoms with Crippen molar-refractivity contribution in [1.82, 2.24) is 0 Å². The molecule has 33 heavy (non-hydrogen) atoms. The van der Waals surface area contributed by atoms with E-state index in [9.17, 15) is 15.0 Å². The molecule has 0 unspecified atom stereocenters. The van der Waals surface area contributed by atoms with Crippen LogP contribution < -0.4 is 0 Å². The van der Waals surface area contributed by atoms with E-state index in [1.165, 1.54) is 25.7 Å². The fourth-order valence-corrected chi connectivity index (χ4v) is 11.0. The summed E-state index contributed by atoms with van der Waals surface area (Å²) in [6.07, 6.45) is 12.5. The fraction of sp³-hybridized carbons (Fsp3) is 0.900. The molecule has 5 rings (SSSR count). The summed E-state index contributed by atoms with van der Waals surface area (Å²) in [5, 5.41) is 20.9. The normalized spacial score (nSPS) is 55.3. The number of allylic oxidation sites excluding steroid dienone is 2. The van der Waals surface area contributed by atoms with Gasteiger partial charge in [-0.3, -0.25) is 4.79 Å². The van der Waals surface area contributed by atoms with Crippen molar-refractivity contribution in [3.63, 3.8) is 0 Å². The highest BCUT2D eigenvalue weighted by molar-refractivity contribution is 5.70. The van der Waals surface area contributed by atoms with Crippen molar-refractivity contribution in [3.05, 3.63) is 11.6 Å². The summed E-state index contributed by atoms with van der Waals surface area (Å²) >= 11 is 0. The molecule has 0 bridgehead atoms. The Bertz CT molecular complexity index is 874. The van der Waals surface area contributed by atoms with E-state index in [0.29, 0.717) is 17.8 Å². The van der Waals surface area contributed by atoms with Gasteiger partial charge < -0.3 is 10.2 Å². The molecule has 5 aliphatic rings. The number of carboxylic acid groups (broad SMARTS) is 1. The smallest absolute Gasteiger partial charge is 0.306 e. The van der Waals surface area contributed by atoms with Crippen molar-refractivity contribution in [2.24, 2.45) is 56.7 Å². The fourth-order valence-electron chi connectivity index (χ4n) is 11.0. The average molecular weight is 457 g/mol. The molecule has 5 aliphatic carbocycles. The number of carbonyl (C=O) groups is 1. The van der Waals surface area contributed by atoms with Gasteiger partial charge in [0.2, 0.25) is 0 Å². The Morgan fingerprint density at radius 2 is 1.61 bits per heavy atom. The highest BCUT2D eigenvalue weighted by Crippen LogP contribution is 2.75. The van der Waals surface area contributed by atoms with Gasteiger partial charge in [0.25, 0.3) is 0 Å². The molecular formula is C30H48O3. The van der Waals surface area contributed by atoms with Crippen LogP contribution in [0.4, 0.5) is 0 Å². The minimum Gasteiger partial charge on any atom is -0.481 e. The highest BCUT2D eigenvalue weighted by atomic mass is 16.4. The maximum absolute atomic E-state index is 12.1. The van der Waals surface area contributed by atoms with Crippen LogP contribution in [-0.2, 0) is 4.79 Å². The second-order valence-corrected chi connectivity index (χ2v) is 14.6. The summed E-state index contributed by atoms with van der Waals surface area (Å²) in [7, 11) is 0. The SMILES string of the molecule is C[C@H]1[C@H]2C3=CC[C@@H]4[C@@]5(C)CC[C@H](O)C(C)(C)[C@@H]5CC[C@@]4(C)[C@]3(C)CC[C@@]2(C)CC[C@H]1C(=O)O. The van der Waals surface area contributed by atoms with Crippen LogP contribution in [-0.4, -0.2) is 22.3 Å². The van der Waals surface area contributed by atoms with Crippen molar-refractivity contribution in [2.75, 3.05) is 0 Å². The minimum atomic E-state index is -0.590. The first-order valence-corrected chi connectivity index (χ1v) is 13.8. The zero-order valence-corrected chi connectivity index (χ0v) is 22.2. The second-order valence-electron chi connectivity index (χ2n) is 14.6. The molecule has 3 heteroatoms. The third-order valence-corrected chi connectivity index (χ3v) is 13.3. The summed E-state index contributed by atoms with van der Waals surface area (Å²) in [6.45, 7) is 17.1. The quantitative estimate of drug-likeness (QED) is 0.414. The zero-order chi connectivity index (χ0) is 24.2. The van der Waals surface area contributed by atoms with Crippen LogP contribution in [0.15, 0.2) is 11.6 Å². The van der Waals surface area contributed by atoms with Crippen LogP contribution in [0.3, 0.4) is 0 Å². The number of hydrogen-bond acceptors (Lipinski definition) is 2. The lowest BCUT2D eigenvalue weighted by Crippen LogP contribution is -2.64. The molecule has 0 aromatic heterocycles. The number of aliphatic hydroxyl groups excluding tert-OH is 1. The van der Waals surface area contributed by atoms with Gasteiger partial charge in [-0.2, -0.15) is 0 Å². The Labute approximate surface area is 201 Å². The van der Waals surface area contributed by atoms with Crippen molar-refractivity contribution in [2.45, 2.75) is 112 Å². The Balaban J connectivity index is 1.58. The van der Waals surface area contributed by atoms with E-state index < -0.39 is 5.97 Å². The van der Waals surface area contributed by atoms with Gasteiger partial charge >= 0.3 is 5.97 Å². The van der Waals surface area contributed by atoms with Crippen molar-refractivity contribution in [3.8, 4) is 0 Å².